The number of carbonyl (C=O) groups excluding carboxylic acids is 1. The first kappa shape index (κ1) is 19.5. The van der Waals surface area contributed by atoms with E-state index < -0.39 is 13.9 Å². The highest BCUT2D eigenvalue weighted by Crippen LogP contribution is 2.39. The van der Waals surface area contributed by atoms with Crippen LogP contribution in [0.1, 0.15) is 39.7 Å². The molecule has 1 rings (SSSR count). The number of methoxy groups -OCH3 is 1. The molecule has 0 aromatic heterocycles. The fourth-order valence-corrected chi connectivity index (χ4v) is 3.45. The van der Waals surface area contributed by atoms with Gasteiger partial charge in [-0.25, -0.2) is 0 Å². The minimum absolute atomic E-state index is 0.0405. The summed E-state index contributed by atoms with van der Waals surface area (Å²) in [6, 6.07) is 9.72. The Labute approximate surface area is 141 Å². The second kappa shape index (κ2) is 7.33. The van der Waals surface area contributed by atoms with Crippen LogP contribution in [-0.2, 0) is 14.0 Å². The Morgan fingerprint density at radius 2 is 1.70 bits per heavy atom. The zero-order valence-corrected chi connectivity index (χ0v) is 16.3. The lowest BCUT2D eigenvalue weighted by Gasteiger charge is -2.41. The Hall–Kier alpha value is -1.57. The first-order valence-corrected chi connectivity index (χ1v) is 10.8. The van der Waals surface area contributed by atoms with E-state index in [2.05, 4.69) is 45.7 Å². The molecule has 1 aromatic carbocycles. The maximum atomic E-state index is 11.8. The fraction of sp³-hybridized carbons (Fsp3) is 0.526. The van der Waals surface area contributed by atoms with E-state index in [-0.39, 0.29) is 17.4 Å². The zero-order chi connectivity index (χ0) is 17.7. The molecule has 126 valence electrons. The third-order valence-corrected chi connectivity index (χ3v) is 8.81. The Morgan fingerprint density at radius 1 is 1.13 bits per heavy atom. The molecule has 0 saturated heterocycles. The predicted octanol–water partition coefficient (Wildman–Crippen LogP) is 4.38. The van der Waals surface area contributed by atoms with E-state index in [0.717, 1.165) is 5.56 Å². The van der Waals surface area contributed by atoms with E-state index in [1.54, 1.807) is 0 Å². The van der Waals surface area contributed by atoms with Gasteiger partial charge in [0.15, 0.2) is 8.32 Å². The van der Waals surface area contributed by atoms with Gasteiger partial charge in [0.05, 0.1) is 13.5 Å². The van der Waals surface area contributed by atoms with Crippen molar-refractivity contribution in [3.63, 3.8) is 0 Å². The van der Waals surface area contributed by atoms with Gasteiger partial charge in [-0.2, -0.15) is 0 Å². The van der Waals surface area contributed by atoms with Crippen LogP contribution in [0.2, 0.25) is 18.1 Å². The number of rotatable bonds is 4. The van der Waals surface area contributed by atoms with Crippen LogP contribution >= 0.6 is 0 Å². The minimum atomic E-state index is -2.07. The van der Waals surface area contributed by atoms with Crippen molar-refractivity contribution in [1.82, 2.24) is 0 Å². The largest absolute Gasteiger partial charge is 0.469 e. The summed E-state index contributed by atoms with van der Waals surface area (Å²) in [6.07, 6.45) is 0.121. The molecule has 0 aliphatic heterocycles. The molecule has 0 radical (unpaired) electrons. The standard InChI is InChI=1S/C19H28O3Si/c1-18(2,3)23(6,7)22-19(4,15-17(20)21-5)14-13-16-11-9-8-10-12-16/h8-12H,15H2,1-7H3/t19-/m1/s1. The number of hydrogen-bond donors (Lipinski definition) is 0. The van der Waals surface area contributed by atoms with Gasteiger partial charge in [-0.1, -0.05) is 50.8 Å². The third-order valence-electron chi connectivity index (χ3n) is 4.24. The predicted molar refractivity (Wildman–Crippen MR) is 96.6 cm³/mol. The molecule has 4 heteroatoms. The smallest absolute Gasteiger partial charge is 0.309 e. The molecule has 1 atom stereocenters. The SMILES string of the molecule is COC(=O)C[C@@](C)(C#Cc1ccccc1)O[Si](C)(C)C(C)(C)C. The van der Waals surface area contributed by atoms with Gasteiger partial charge in [0.25, 0.3) is 0 Å². The summed E-state index contributed by atoms with van der Waals surface area (Å²) >= 11 is 0. The molecule has 0 fully saturated rings. The molecule has 0 spiro atoms. The number of benzene rings is 1. The number of hydrogen-bond acceptors (Lipinski definition) is 3. The van der Waals surface area contributed by atoms with Gasteiger partial charge in [-0.05, 0) is 37.2 Å². The molecule has 3 nitrogen and oxygen atoms in total. The molecule has 0 unspecified atom stereocenters. The van der Waals surface area contributed by atoms with Gasteiger partial charge in [-0.15, -0.1) is 0 Å². The van der Waals surface area contributed by atoms with Gasteiger partial charge in [0.2, 0.25) is 0 Å². The fourth-order valence-electron chi connectivity index (χ4n) is 1.90. The van der Waals surface area contributed by atoms with E-state index in [0.29, 0.717) is 0 Å². The molecule has 1 aromatic rings. The van der Waals surface area contributed by atoms with Crippen LogP contribution in [0.4, 0.5) is 0 Å². The lowest BCUT2D eigenvalue weighted by Crippen LogP contribution is -2.49. The summed E-state index contributed by atoms with van der Waals surface area (Å²) in [7, 11) is -0.680. The van der Waals surface area contributed by atoms with Crippen molar-refractivity contribution in [1.29, 1.82) is 0 Å². The van der Waals surface area contributed by atoms with E-state index >= 15 is 0 Å². The molecular formula is C19H28O3Si. The first-order valence-electron chi connectivity index (χ1n) is 7.84. The van der Waals surface area contributed by atoms with Crippen LogP contribution in [0.3, 0.4) is 0 Å². The van der Waals surface area contributed by atoms with Gasteiger partial charge in [0.1, 0.15) is 5.60 Å². The summed E-state index contributed by atoms with van der Waals surface area (Å²) in [5, 5.41) is 0.0405. The molecular weight excluding hydrogens is 304 g/mol. The number of esters is 1. The zero-order valence-electron chi connectivity index (χ0n) is 15.3. The van der Waals surface area contributed by atoms with Crippen molar-refractivity contribution < 1.29 is 14.0 Å². The molecule has 0 aliphatic carbocycles. The van der Waals surface area contributed by atoms with Crippen LogP contribution in [0.5, 0.6) is 0 Å². The quantitative estimate of drug-likeness (QED) is 0.466. The van der Waals surface area contributed by atoms with Crippen LogP contribution in [0.25, 0.3) is 0 Å². The van der Waals surface area contributed by atoms with Crippen LogP contribution < -0.4 is 0 Å². The van der Waals surface area contributed by atoms with Crippen molar-refractivity contribution in [2.45, 2.75) is 57.8 Å². The Kier molecular flexibility index (Phi) is 6.21. The van der Waals surface area contributed by atoms with Crippen LogP contribution in [0, 0.1) is 11.8 Å². The maximum Gasteiger partial charge on any atom is 0.309 e. The summed E-state index contributed by atoms with van der Waals surface area (Å²) in [5.41, 5.74) is 0.0498. The average Bonchev–Trinajstić information content (AvgIpc) is 2.44. The minimum Gasteiger partial charge on any atom is -0.469 e. The van der Waals surface area contributed by atoms with Crippen molar-refractivity contribution in [3.8, 4) is 11.8 Å². The van der Waals surface area contributed by atoms with Crippen molar-refractivity contribution >= 4 is 14.3 Å². The Balaban J connectivity index is 3.13. The molecule has 0 heterocycles. The van der Waals surface area contributed by atoms with Crippen molar-refractivity contribution in [2.75, 3.05) is 7.11 Å². The van der Waals surface area contributed by atoms with Crippen LogP contribution in [-0.4, -0.2) is 27.0 Å². The second-order valence-electron chi connectivity index (χ2n) is 7.46. The van der Waals surface area contributed by atoms with Gasteiger partial charge < -0.3 is 9.16 Å². The molecule has 0 amide bonds. The summed E-state index contributed by atoms with van der Waals surface area (Å²) in [5.74, 6) is 5.98. The topological polar surface area (TPSA) is 35.5 Å². The number of carbonyl (C=O) groups is 1. The van der Waals surface area contributed by atoms with E-state index in [4.69, 9.17) is 9.16 Å². The summed E-state index contributed by atoms with van der Waals surface area (Å²) in [4.78, 5) is 11.8. The Bertz CT molecular complexity index is 591. The normalized spacial score (nSPS) is 14.4. The highest BCUT2D eigenvalue weighted by Gasteiger charge is 2.43. The molecule has 0 saturated carbocycles. The number of ether oxygens (including phenoxy) is 1. The second-order valence-corrected chi connectivity index (χ2v) is 12.2. The van der Waals surface area contributed by atoms with Crippen molar-refractivity contribution in [3.05, 3.63) is 35.9 Å². The van der Waals surface area contributed by atoms with E-state index in [1.165, 1.54) is 7.11 Å². The third kappa shape index (κ3) is 5.85. The van der Waals surface area contributed by atoms with Crippen LogP contribution in [0.15, 0.2) is 30.3 Å². The molecule has 0 bridgehead atoms. The summed E-state index contributed by atoms with van der Waals surface area (Å²) < 4.78 is 11.3. The monoisotopic (exact) mass is 332 g/mol. The maximum absolute atomic E-state index is 11.8. The molecule has 23 heavy (non-hydrogen) atoms. The lowest BCUT2D eigenvalue weighted by atomic mass is 10.0. The first-order chi connectivity index (χ1) is 10.5. The van der Waals surface area contributed by atoms with Gasteiger partial charge >= 0.3 is 5.97 Å². The van der Waals surface area contributed by atoms with E-state index in [1.807, 2.05) is 37.3 Å². The van der Waals surface area contributed by atoms with Gasteiger partial charge in [0, 0.05) is 5.56 Å². The lowest BCUT2D eigenvalue weighted by molar-refractivity contribution is -0.143. The Morgan fingerprint density at radius 3 is 2.17 bits per heavy atom. The van der Waals surface area contributed by atoms with Crippen molar-refractivity contribution in [2.24, 2.45) is 0 Å². The molecule has 0 N–H and O–H groups in total. The summed E-state index contributed by atoms with van der Waals surface area (Å²) in [6.45, 7) is 12.7. The average molecular weight is 333 g/mol. The molecule has 0 aliphatic rings. The highest BCUT2D eigenvalue weighted by molar-refractivity contribution is 6.74. The highest BCUT2D eigenvalue weighted by atomic mass is 28.4. The van der Waals surface area contributed by atoms with E-state index in [9.17, 15) is 4.79 Å². The van der Waals surface area contributed by atoms with Gasteiger partial charge in [-0.3, -0.25) is 4.79 Å².